The van der Waals surface area contributed by atoms with E-state index in [2.05, 4.69) is 5.32 Å². The average Bonchev–Trinajstić information content (AvgIpc) is 2.74. The van der Waals surface area contributed by atoms with Gasteiger partial charge in [0.1, 0.15) is 12.4 Å². The maximum Gasteiger partial charge on any atom is 0.220 e. The number of benzene rings is 1. The molecule has 116 valence electrons. The van der Waals surface area contributed by atoms with E-state index in [1.807, 2.05) is 31.2 Å². The molecule has 1 aliphatic rings. The van der Waals surface area contributed by atoms with Crippen molar-refractivity contribution in [1.29, 1.82) is 0 Å². The Morgan fingerprint density at radius 2 is 2.24 bits per heavy atom. The van der Waals surface area contributed by atoms with Crippen molar-refractivity contribution in [2.45, 2.75) is 19.8 Å². The summed E-state index contributed by atoms with van der Waals surface area (Å²) in [7, 11) is -2.91. The molecule has 21 heavy (non-hydrogen) atoms. The normalized spacial score (nSPS) is 20.1. The van der Waals surface area contributed by atoms with Gasteiger partial charge >= 0.3 is 0 Å². The molecule has 0 spiro atoms. The standard InChI is InChI=1S/C15H21NO4S/c1-12-3-2-4-14(9-12)20-7-6-16-15(17)10-13-5-8-21(18,19)11-13/h2-4,9,13H,5-8,10-11H2,1H3,(H,16,17)/t13-/m1/s1. The first kappa shape index (κ1) is 15.8. The van der Waals surface area contributed by atoms with Crippen LogP contribution in [-0.2, 0) is 14.6 Å². The number of carbonyl (C=O) groups is 1. The number of sulfone groups is 1. The molecule has 0 saturated carbocycles. The Bertz CT molecular complexity index is 597. The van der Waals surface area contributed by atoms with Crippen LogP contribution in [0.1, 0.15) is 18.4 Å². The highest BCUT2D eigenvalue weighted by Crippen LogP contribution is 2.21. The molecule has 0 radical (unpaired) electrons. The van der Waals surface area contributed by atoms with Gasteiger partial charge in [-0.15, -0.1) is 0 Å². The first-order valence-corrected chi connectivity index (χ1v) is 8.93. The summed E-state index contributed by atoms with van der Waals surface area (Å²) < 4.78 is 28.2. The second-order valence-corrected chi connectivity index (χ2v) is 7.72. The van der Waals surface area contributed by atoms with Crippen LogP contribution in [0.15, 0.2) is 24.3 Å². The smallest absolute Gasteiger partial charge is 0.220 e. The van der Waals surface area contributed by atoms with Crippen molar-refractivity contribution in [1.82, 2.24) is 5.32 Å². The van der Waals surface area contributed by atoms with E-state index < -0.39 is 9.84 Å². The Labute approximate surface area is 125 Å². The second-order valence-electron chi connectivity index (χ2n) is 5.49. The van der Waals surface area contributed by atoms with E-state index in [0.29, 0.717) is 19.6 Å². The van der Waals surface area contributed by atoms with Gasteiger partial charge in [0.15, 0.2) is 9.84 Å². The Balaban J connectivity index is 1.64. The summed E-state index contributed by atoms with van der Waals surface area (Å²) in [6, 6.07) is 7.72. The fraction of sp³-hybridized carbons (Fsp3) is 0.533. The fourth-order valence-corrected chi connectivity index (χ4v) is 4.29. The van der Waals surface area contributed by atoms with Crippen LogP contribution in [0.25, 0.3) is 0 Å². The number of ether oxygens (including phenoxy) is 1. The summed E-state index contributed by atoms with van der Waals surface area (Å²) in [5.41, 5.74) is 1.12. The SMILES string of the molecule is Cc1cccc(OCCNC(=O)C[C@H]2CCS(=O)(=O)C2)c1. The van der Waals surface area contributed by atoms with Crippen LogP contribution in [0.5, 0.6) is 5.75 Å². The zero-order valence-electron chi connectivity index (χ0n) is 12.2. The van der Waals surface area contributed by atoms with Gasteiger partial charge in [-0.25, -0.2) is 8.42 Å². The van der Waals surface area contributed by atoms with Crippen molar-refractivity contribution in [3.05, 3.63) is 29.8 Å². The Hall–Kier alpha value is -1.56. The van der Waals surface area contributed by atoms with Crippen LogP contribution in [0.4, 0.5) is 0 Å². The maximum atomic E-state index is 11.7. The van der Waals surface area contributed by atoms with E-state index in [-0.39, 0.29) is 29.8 Å². The molecular formula is C15H21NO4S. The van der Waals surface area contributed by atoms with Gasteiger partial charge in [-0.05, 0) is 37.0 Å². The van der Waals surface area contributed by atoms with Gasteiger partial charge in [0.05, 0.1) is 18.1 Å². The molecule has 0 aromatic heterocycles. The third-order valence-corrected chi connectivity index (χ3v) is 5.32. The van der Waals surface area contributed by atoms with Crippen molar-refractivity contribution in [3.63, 3.8) is 0 Å². The van der Waals surface area contributed by atoms with E-state index in [9.17, 15) is 13.2 Å². The van der Waals surface area contributed by atoms with Gasteiger partial charge in [0.25, 0.3) is 0 Å². The first-order valence-electron chi connectivity index (χ1n) is 7.11. The summed E-state index contributed by atoms with van der Waals surface area (Å²) in [6.07, 6.45) is 0.874. The Kier molecular flexibility index (Phi) is 5.22. The minimum Gasteiger partial charge on any atom is -0.492 e. The molecule has 1 N–H and O–H groups in total. The van der Waals surface area contributed by atoms with Gasteiger partial charge < -0.3 is 10.1 Å². The highest BCUT2D eigenvalue weighted by atomic mass is 32.2. The molecule has 0 bridgehead atoms. The molecule has 6 heteroatoms. The van der Waals surface area contributed by atoms with Gasteiger partial charge in [0.2, 0.25) is 5.91 Å². The van der Waals surface area contributed by atoms with E-state index in [4.69, 9.17) is 4.74 Å². The predicted octanol–water partition coefficient (Wildman–Crippen LogP) is 1.31. The molecule has 1 saturated heterocycles. The summed E-state index contributed by atoms with van der Waals surface area (Å²) in [4.78, 5) is 11.7. The molecule has 1 heterocycles. The van der Waals surface area contributed by atoms with Gasteiger partial charge in [0, 0.05) is 6.42 Å². The third kappa shape index (κ3) is 5.38. The Morgan fingerprint density at radius 1 is 1.43 bits per heavy atom. The number of carbonyl (C=O) groups excluding carboxylic acids is 1. The Morgan fingerprint density at radius 3 is 2.90 bits per heavy atom. The molecule has 1 amide bonds. The topological polar surface area (TPSA) is 72.5 Å². The van der Waals surface area contributed by atoms with Crippen LogP contribution in [0, 0.1) is 12.8 Å². The van der Waals surface area contributed by atoms with Crippen molar-refractivity contribution < 1.29 is 17.9 Å². The van der Waals surface area contributed by atoms with Crippen molar-refractivity contribution in [3.8, 4) is 5.75 Å². The molecular weight excluding hydrogens is 290 g/mol. The maximum absolute atomic E-state index is 11.7. The largest absolute Gasteiger partial charge is 0.492 e. The van der Waals surface area contributed by atoms with Gasteiger partial charge in [-0.2, -0.15) is 0 Å². The summed E-state index contributed by atoms with van der Waals surface area (Å²) in [5, 5.41) is 2.76. The molecule has 0 unspecified atom stereocenters. The minimum absolute atomic E-state index is 0.0345. The number of hydrogen-bond donors (Lipinski definition) is 1. The predicted molar refractivity (Wildman–Crippen MR) is 81.1 cm³/mol. The second kappa shape index (κ2) is 6.93. The number of nitrogens with one attached hydrogen (secondary N) is 1. The highest BCUT2D eigenvalue weighted by molar-refractivity contribution is 7.91. The lowest BCUT2D eigenvalue weighted by molar-refractivity contribution is -0.121. The van der Waals surface area contributed by atoms with Crippen LogP contribution in [0.3, 0.4) is 0 Å². The fourth-order valence-electron chi connectivity index (χ4n) is 2.43. The van der Waals surface area contributed by atoms with Gasteiger partial charge in [-0.1, -0.05) is 12.1 Å². The molecule has 1 fully saturated rings. The molecule has 1 aromatic rings. The monoisotopic (exact) mass is 311 g/mol. The van der Waals surface area contributed by atoms with Crippen molar-refractivity contribution in [2.75, 3.05) is 24.7 Å². The van der Waals surface area contributed by atoms with Crippen molar-refractivity contribution in [2.24, 2.45) is 5.92 Å². The van der Waals surface area contributed by atoms with Gasteiger partial charge in [-0.3, -0.25) is 4.79 Å². The lowest BCUT2D eigenvalue weighted by Gasteiger charge is -2.10. The number of hydrogen-bond acceptors (Lipinski definition) is 4. The third-order valence-electron chi connectivity index (χ3n) is 3.48. The summed E-state index contributed by atoms with van der Waals surface area (Å²) in [5.74, 6) is 0.991. The lowest BCUT2D eigenvalue weighted by Crippen LogP contribution is -2.29. The van der Waals surface area contributed by atoms with Crippen LogP contribution in [-0.4, -0.2) is 39.0 Å². The molecule has 5 nitrogen and oxygen atoms in total. The quantitative estimate of drug-likeness (QED) is 0.804. The molecule has 2 rings (SSSR count). The van der Waals surface area contributed by atoms with Crippen LogP contribution < -0.4 is 10.1 Å². The number of amides is 1. The molecule has 1 aliphatic heterocycles. The average molecular weight is 311 g/mol. The van der Waals surface area contributed by atoms with Crippen molar-refractivity contribution >= 4 is 15.7 Å². The van der Waals surface area contributed by atoms with E-state index in [1.165, 1.54) is 0 Å². The summed E-state index contributed by atoms with van der Waals surface area (Å²) >= 11 is 0. The molecule has 1 aromatic carbocycles. The number of aryl methyl sites for hydroxylation is 1. The molecule has 1 atom stereocenters. The zero-order chi connectivity index (χ0) is 15.3. The first-order chi connectivity index (χ1) is 9.94. The summed E-state index contributed by atoms with van der Waals surface area (Å²) in [6.45, 7) is 2.81. The highest BCUT2D eigenvalue weighted by Gasteiger charge is 2.29. The number of rotatable bonds is 6. The lowest BCUT2D eigenvalue weighted by atomic mass is 10.1. The van der Waals surface area contributed by atoms with E-state index in [0.717, 1.165) is 11.3 Å². The zero-order valence-corrected chi connectivity index (χ0v) is 13.0. The van der Waals surface area contributed by atoms with E-state index in [1.54, 1.807) is 0 Å². The van der Waals surface area contributed by atoms with Crippen LogP contribution >= 0.6 is 0 Å². The molecule has 0 aliphatic carbocycles. The van der Waals surface area contributed by atoms with E-state index >= 15 is 0 Å². The van der Waals surface area contributed by atoms with Crippen LogP contribution in [0.2, 0.25) is 0 Å². The minimum atomic E-state index is -2.91.